The minimum Gasteiger partial charge on any atom is -0.366 e. The highest BCUT2D eigenvalue weighted by Gasteiger charge is 2.56. The molecule has 0 radical (unpaired) electrons. The lowest BCUT2D eigenvalue weighted by molar-refractivity contribution is -0.139. The van der Waals surface area contributed by atoms with Crippen LogP contribution in [0.5, 0.6) is 0 Å². The lowest BCUT2D eigenvalue weighted by Gasteiger charge is -2.48. The van der Waals surface area contributed by atoms with Crippen LogP contribution in [0.4, 0.5) is 17.3 Å². The van der Waals surface area contributed by atoms with Gasteiger partial charge in [0.2, 0.25) is 29.5 Å². The number of nitrogens with one attached hydrogen (secondary N) is 2. The summed E-state index contributed by atoms with van der Waals surface area (Å²) in [5.74, 6) is 1.36. The number of carbonyl (C=O) groups is 5. The molecule has 6 aliphatic heterocycles. The number of hydrogen-bond acceptors (Lipinski definition) is 12. The van der Waals surface area contributed by atoms with Crippen LogP contribution in [-0.4, -0.2) is 159 Å². The molecule has 1 aromatic carbocycles. The molecule has 9 heterocycles. The Kier molecular flexibility index (Phi) is 13.2. The quantitative estimate of drug-likeness (QED) is 0.154. The average molecular weight is 1010 g/mol. The Bertz CT molecular complexity index is 2790. The van der Waals surface area contributed by atoms with Crippen molar-refractivity contribution in [3.63, 3.8) is 0 Å². The van der Waals surface area contributed by atoms with E-state index in [1.807, 2.05) is 35.3 Å². The molecule has 3 aromatic heterocycles. The number of hydrogen-bond donors (Lipinski definition) is 2. The molecule has 5 saturated heterocycles. The summed E-state index contributed by atoms with van der Waals surface area (Å²) in [6.07, 6.45) is 17.0. The molecule has 1 unspecified atom stereocenters. The number of imide groups is 1. The Hall–Kier alpha value is -5.94. The molecule has 1 spiro atoms. The Morgan fingerprint density at radius 3 is 2.28 bits per heavy atom. The zero-order valence-corrected chi connectivity index (χ0v) is 43.6. The molecule has 1 atom stereocenters. The van der Waals surface area contributed by atoms with Crippen molar-refractivity contribution in [3.05, 3.63) is 60.0 Å². The number of likely N-dealkylation sites (tertiary alicyclic amines) is 3. The summed E-state index contributed by atoms with van der Waals surface area (Å²) in [6.45, 7) is 11.1. The SMILES string of the molecule is CC(C)n1cnc2cc(-c3ccc4c(c3)N([C@H]3C[C@@H](N5CCCCC5)C3)C(=O)C43CCN(CC(=O)N(C)C4CCN(C(=O)C5CCN(c6ccc(C7CCC(=O)NC7=O)cn6)CC5)CC4)CC3)nc(NC3CC3)c21. The number of carbonyl (C=O) groups excluding carboxylic acids is 5. The maximum absolute atomic E-state index is 15.2. The molecule has 0 bridgehead atoms. The Labute approximate surface area is 434 Å². The predicted molar refractivity (Wildman–Crippen MR) is 284 cm³/mol. The van der Waals surface area contributed by atoms with Gasteiger partial charge in [-0.05, 0) is 140 Å². The van der Waals surface area contributed by atoms with Gasteiger partial charge in [0.15, 0.2) is 5.82 Å². The van der Waals surface area contributed by atoms with Crippen LogP contribution in [0.15, 0.2) is 48.9 Å². The first-order valence-corrected chi connectivity index (χ1v) is 28.1. The van der Waals surface area contributed by atoms with Gasteiger partial charge < -0.3 is 34.4 Å². The van der Waals surface area contributed by atoms with Crippen LogP contribution < -0.4 is 20.4 Å². The van der Waals surface area contributed by atoms with Gasteiger partial charge in [-0.25, -0.2) is 15.0 Å². The van der Waals surface area contributed by atoms with Crippen molar-refractivity contribution in [3.8, 4) is 11.3 Å². The third kappa shape index (κ3) is 9.23. The summed E-state index contributed by atoms with van der Waals surface area (Å²) < 4.78 is 2.20. The van der Waals surface area contributed by atoms with Crippen molar-refractivity contribution >= 4 is 57.9 Å². The summed E-state index contributed by atoms with van der Waals surface area (Å²) in [4.78, 5) is 95.0. The topological polar surface area (TPSA) is 172 Å². The van der Waals surface area contributed by atoms with Crippen LogP contribution >= 0.6 is 0 Å². The van der Waals surface area contributed by atoms with E-state index in [1.165, 1.54) is 19.3 Å². The molecule has 7 fully saturated rings. The molecule has 12 rings (SSSR count). The smallest absolute Gasteiger partial charge is 0.238 e. The number of aromatic nitrogens is 4. The molecule has 392 valence electrons. The zero-order valence-electron chi connectivity index (χ0n) is 43.6. The van der Waals surface area contributed by atoms with Crippen LogP contribution in [0.1, 0.15) is 133 Å². The predicted octanol–water partition coefficient (Wildman–Crippen LogP) is 6.23. The van der Waals surface area contributed by atoms with Gasteiger partial charge in [-0.2, -0.15) is 0 Å². The highest BCUT2D eigenvalue weighted by molar-refractivity contribution is 6.09. The van der Waals surface area contributed by atoms with Crippen LogP contribution in [0.3, 0.4) is 0 Å². The first kappa shape index (κ1) is 49.0. The lowest BCUT2D eigenvalue weighted by Crippen LogP contribution is -2.58. The summed E-state index contributed by atoms with van der Waals surface area (Å²) >= 11 is 0. The van der Waals surface area contributed by atoms with Crippen molar-refractivity contribution in [1.29, 1.82) is 0 Å². The number of anilines is 3. The second-order valence-electron chi connectivity index (χ2n) is 23.3. The van der Waals surface area contributed by atoms with Crippen molar-refractivity contribution in [2.75, 3.05) is 81.1 Å². The standard InChI is InChI=1S/C57H74N12O5/c1-36(2)68-35-59-47-32-46(61-53(52(47)68)60-40-9-10-40)38-7-12-45-48(29-38)69(43-30-42(31-43)65-21-5-4-6-22-65)56(74)57(45)19-27-64(28-20-57)34-51(71)63(3)41-17-25-67(26-18-41)55(73)37-15-23-66(24-16-37)49-13-8-39(33-58-49)44-11-14-50(70)62-54(44)72/h7-8,12-13,29,32-33,35-37,40-44H,4-6,9-11,14-28,30-31,34H2,1-3H3,(H,60,61)(H,62,70,72)/t42-,43+,44?. The minimum atomic E-state index is -0.625. The second kappa shape index (κ2) is 20.0. The van der Waals surface area contributed by atoms with E-state index < -0.39 is 5.41 Å². The molecule has 4 aromatic rings. The van der Waals surface area contributed by atoms with E-state index in [2.05, 4.69) is 77.9 Å². The summed E-state index contributed by atoms with van der Waals surface area (Å²) in [7, 11) is 1.92. The number of nitrogens with zero attached hydrogens (tertiary/aromatic N) is 10. The van der Waals surface area contributed by atoms with E-state index in [4.69, 9.17) is 9.97 Å². The van der Waals surface area contributed by atoms with Gasteiger partial charge in [0, 0.05) is 106 Å². The van der Waals surface area contributed by atoms with Gasteiger partial charge >= 0.3 is 0 Å². The number of imidazole rings is 1. The van der Waals surface area contributed by atoms with Gasteiger partial charge in [-0.3, -0.25) is 34.2 Å². The number of piperidine rings is 5. The molecule has 17 nitrogen and oxygen atoms in total. The molecule has 74 heavy (non-hydrogen) atoms. The number of amides is 5. The van der Waals surface area contributed by atoms with Gasteiger partial charge in [-0.15, -0.1) is 0 Å². The number of rotatable bonds is 12. The highest BCUT2D eigenvalue weighted by Crippen LogP contribution is 2.52. The second-order valence-corrected chi connectivity index (χ2v) is 23.3. The van der Waals surface area contributed by atoms with Gasteiger partial charge in [0.1, 0.15) is 11.3 Å². The number of likely N-dealkylation sites (N-methyl/N-ethyl adjacent to an activating group) is 1. The van der Waals surface area contributed by atoms with Crippen LogP contribution in [0.2, 0.25) is 0 Å². The Balaban J connectivity index is 0.668. The van der Waals surface area contributed by atoms with E-state index >= 15 is 4.79 Å². The molecular formula is C57H74N12O5. The normalized spacial score (nSPS) is 25.2. The van der Waals surface area contributed by atoms with Crippen molar-refractivity contribution in [2.45, 2.75) is 152 Å². The van der Waals surface area contributed by atoms with E-state index in [0.717, 1.165) is 128 Å². The van der Waals surface area contributed by atoms with Crippen LogP contribution in [0, 0.1) is 5.92 Å². The summed E-state index contributed by atoms with van der Waals surface area (Å²) in [5, 5.41) is 6.14. The Morgan fingerprint density at radius 2 is 1.59 bits per heavy atom. The minimum absolute atomic E-state index is 0.0410. The largest absolute Gasteiger partial charge is 0.366 e. The van der Waals surface area contributed by atoms with E-state index in [0.29, 0.717) is 70.5 Å². The molecule has 2 N–H and O–H groups in total. The van der Waals surface area contributed by atoms with Crippen LogP contribution in [-0.2, 0) is 29.4 Å². The summed E-state index contributed by atoms with van der Waals surface area (Å²) in [5.41, 5.74) is 6.17. The van der Waals surface area contributed by atoms with E-state index in [-0.39, 0.29) is 59.5 Å². The molecule has 5 amide bonds. The average Bonchev–Trinajstić information content (AvgIpc) is 4.10. The molecular weight excluding hydrogens is 933 g/mol. The number of benzene rings is 1. The first-order valence-electron chi connectivity index (χ1n) is 28.1. The van der Waals surface area contributed by atoms with Crippen molar-refractivity contribution < 1.29 is 24.0 Å². The van der Waals surface area contributed by atoms with Gasteiger partial charge in [-0.1, -0.05) is 24.6 Å². The number of pyridine rings is 2. The van der Waals surface area contributed by atoms with Gasteiger partial charge in [0.05, 0.1) is 35.4 Å². The molecule has 2 saturated carbocycles. The monoisotopic (exact) mass is 1010 g/mol. The fraction of sp³-hybridized carbons (Fsp3) is 0.614. The number of fused-ring (bicyclic) bond motifs is 3. The van der Waals surface area contributed by atoms with E-state index in [1.54, 1.807) is 6.20 Å². The maximum atomic E-state index is 15.2. The van der Waals surface area contributed by atoms with Crippen molar-refractivity contribution in [2.24, 2.45) is 5.92 Å². The highest BCUT2D eigenvalue weighted by atomic mass is 16.2. The van der Waals surface area contributed by atoms with Crippen molar-refractivity contribution in [1.82, 2.24) is 44.4 Å². The van der Waals surface area contributed by atoms with E-state index in [9.17, 15) is 19.2 Å². The zero-order chi connectivity index (χ0) is 50.8. The lowest BCUT2D eigenvalue weighted by atomic mass is 9.73. The fourth-order valence-electron chi connectivity index (χ4n) is 13.6. The first-order chi connectivity index (χ1) is 35.9. The molecule has 17 heteroatoms. The third-order valence-corrected chi connectivity index (χ3v) is 18.5. The molecule has 2 aliphatic carbocycles. The summed E-state index contributed by atoms with van der Waals surface area (Å²) in [6, 6.07) is 14.1. The van der Waals surface area contributed by atoms with Gasteiger partial charge in [0.25, 0.3) is 0 Å². The maximum Gasteiger partial charge on any atom is 0.238 e. The fourth-order valence-corrected chi connectivity index (χ4v) is 13.6. The Morgan fingerprint density at radius 1 is 0.838 bits per heavy atom. The van der Waals surface area contributed by atoms with Crippen LogP contribution in [0.25, 0.3) is 22.3 Å². The third-order valence-electron chi connectivity index (χ3n) is 18.5. The molecule has 8 aliphatic rings.